The molecule has 0 amide bonds. The molecule has 4 aromatic rings. The van der Waals surface area contributed by atoms with Gasteiger partial charge >= 0.3 is 0 Å². The Bertz CT molecular complexity index is 1310. The molecule has 8 nitrogen and oxygen atoms in total. The highest BCUT2D eigenvalue weighted by molar-refractivity contribution is 5.65. The minimum Gasteiger partial charge on any atom is -0.487 e. The number of aromatic nitrogens is 6. The van der Waals surface area contributed by atoms with Gasteiger partial charge in [-0.2, -0.15) is 0 Å². The maximum atomic E-state index is 14.9. The first kappa shape index (κ1) is 24.7. The fourth-order valence-corrected chi connectivity index (χ4v) is 4.45. The van der Waals surface area contributed by atoms with Gasteiger partial charge in [-0.15, -0.1) is 5.10 Å². The molecule has 0 radical (unpaired) electrons. The van der Waals surface area contributed by atoms with Crippen molar-refractivity contribution < 1.29 is 13.5 Å². The third kappa shape index (κ3) is 5.73. The number of halogens is 2. The lowest BCUT2D eigenvalue weighted by molar-refractivity contribution is 0.207. The summed E-state index contributed by atoms with van der Waals surface area (Å²) >= 11 is 0. The predicted molar refractivity (Wildman–Crippen MR) is 135 cm³/mol. The van der Waals surface area contributed by atoms with Gasteiger partial charge in [-0.05, 0) is 70.0 Å². The lowest BCUT2D eigenvalue weighted by Gasteiger charge is -2.31. The number of rotatable bonds is 8. The molecule has 0 unspecified atom stereocenters. The van der Waals surface area contributed by atoms with Crippen LogP contribution in [0.15, 0.2) is 48.8 Å². The van der Waals surface area contributed by atoms with E-state index in [1.165, 1.54) is 12.1 Å². The molecule has 0 aliphatic carbocycles. The monoisotopic (exact) mass is 505 g/mol. The van der Waals surface area contributed by atoms with Crippen LogP contribution >= 0.6 is 0 Å². The van der Waals surface area contributed by atoms with Crippen LogP contribution in [0, 0.1) is 17.6 Å². The van der Waals surface area contributed by atoms with Gasteiger partial charge in [0.15, 0.2) is 23.2 Å². The molecule has 192 valence electrons. The number of tetrazole rings is 1. The van der Waals surface area contributed by atoms with Gasteiger partial charge in [0.1, 0.15) is 0 Å². The van der Waals surface area contributed by atoms with Crippen molar-refractivity contribution in [2.75, 3.05) is 24.6 Å². The van der Waals surface area contributed by atoms with Crippen LogP contribution in [0.2, 0.25) is 0 Å². The maximum absolute atomic E-state index is 14.9. The molecule has 0 spiro atoms. The van der Waals surface area contributed by atoms with Crippen LogP contribution in [-0.2, 0) is 19.9 Å². The van der Waals surface area contributed by atoms with Gasteiger partial charge in [-0.25, -0.2) is 23.4 Å². The first-order chi connectivity index (χ1) is 18.0. The van der Waals surface area contributed by atoms with E-state index in [-0.39, 0.29) is 18.3 Å². The summed E-state index contributed by atoms with van der Waals surface area (Å²) in [5.41, 5.74) is 3.27. The predicted octanol–water partition coefficient (Wildman–Crippen LogP) is 4.39. The standard InChI is InChI=1S/C27H29F2N7O/c1-3-18-15-30-27(31-16-18)36-10-8-20(9-11-36)17-37-26-23(28)13-22(14-24(26)29)21-6-4-19(5-7-21)12-25-32-33-34-35(25)2/h4-7,13-16,20H,3,8-12,17H2,1-2H3. The van der Waals surface area contributed by atoms with Crippen LogP contribution in [0.1, 0.15) is 36.7 Å². The number of hydrogen-bond acceptors (Lipinski definition) is 7. The Morgan fingerprint density at radius 2 is 1.62 bits per heavy atom. The number of aryl methyl sites for hydroxylation is 2. The molecule has 2 aromatic carbocycles. The Kier molecular flexibility index (Phi) is 7.34. The molecule has 1 saturated heterocycles. The van der Waals surface area contributed by atoms with Gasteiger partial charge in [-0.3, -0.25) is 0 Å². The Morgan fingerprint density at radius 3 is 2.22 bits per heavy atom. The number of nitrogens with zero attached hydrogens (tertiary/aromatic N) is 7. The molecule has 0 saturated carbocycles. The van der Waals surface area contributed by atoms with E-state index in [1.807, 2.05) is 36.7 Å². The zero-order valence-corrected chi connectivity index (χ0v) is 20.9. The Labute approximate surface area is 214 Å². The lowest BCUT2D eigenvalue weighted by Crippen LogP contribution is -2.36. The van der Waals surface area contributed by atoms with E-state index >= 15 is 0 Å². The van der Waals surface area contributed by atoms with E-state index in [4.69, 9.17) is 4.74 Å². The van der Waals surface area contributed by atoms with Crippen molar-refractivity contribution in [1.29, 1.82) is 0 Å². The number of ether oxygens (including phenoxy) is 1. The summed E-state index contributed by atoms with van der Waals surface area (Å²) in [4.78, 5) is 11.0. The zero-order chi connectivity index (χ0) is 25.8. The Balaban J connectivity index is 1.17. The van der Waals surface area contributed by atoms with Crippen molar-refractivity contribution in [3.8, 4) is 16.9 Å². The minimum atomic E-state index is -0.703. The first-order valence-corrected chi connectivity index (χ1v) is 12.5. The van der Waals surface area contributed by atoms with E-state index in [9.17, 15) is 8.78 Å². The van der Waals surface area contributed by atoms with E-state index in [1.54, 1.807) is 11.7 Å². The number of anilines is 1. The van der Waals surface area contributed by atoms with Crippen LogP contribution in [0.4, 0.5) is 14.7 Å². The Morgan fingerprint density at radius 1 is 0.946 bits per heavy atom. The molecule has 1 aliphatic rings. The molecule has 1 aliphatic heterocycles. The smallest absolute Gasteiger partial charge is 0.225 e. The van der Waals surface area contributed by atoms with Gasteiger partial charge in [-0.1, -0.05) is 31.2 Å². The molecule has 0 bridgehead atoms. The van der Waals surface area contributed by atoms with E-state index in [0.29, 0.717) is 17.5 Å². The van der Waals surface area contributed by atoms with E-state index in [0.717, 1.165) is 55.3 Å². The summed E-state index contributed by atoms with van der Waals surface area (Å²) < 4.78 is 37.0. The van der Waals surface area contributed by atoms with Crippen molar-refractivity contribution in [2.45, 2.75) is 32.6 Å². The number of hydrogen-bond donors (Lipinski definition) is 0. The average Bonchev–Trinajstić information content (AvgIpc) is 3.33. The summed E-state index contributed by atoms with van der Waals surface area (Å²) in [5, 5.41) is 11.4. The second-order valence-electron chi connectivity index (χ2n) is 9.35. The first-order valence-electron chi connectivity index (χ1n) is 12.5. The fourth-order valence-electron chi connectivity index (χ4n) is 4.45. The van der Waals surface area contributed by atoms with Crippen molar-refractivity contribution >= 4 is 5.95 Å². The molecule has 10 heteroatoms. The van der Waals surface area contributed by atoms with Crippen molar-refractivity contribution in [3.63, 3.8) is 0 Å². The molecule has 2 aromatic heterocycles. The molecule has 1 fully saturated rings. The summed E-state index contributed by atoms with van der Waals surface area (Å²) in [7, 11) is 1.78. The zero-order valence-electron chi connectivity index (χ0n) is 20.9. The molecular formula is C27H29F2N7O. The van der Waals surface area contributed by atoms with Gasteiger partial charge in [0, 0.05) is 39.0 Å². The number of benzene rings is 2. The number of piperidine rings is 1. The third-order valence-electron chi connectivity index (χ3n) is 6.82. The normalized spacial score (nSPS) is 14.2. The van der Waals surface area contributed by atoms with Crippen molar-refractivity contribution in [1.82, 2.24) is 30.2 Å². The topological polar surface area (TPSA) is 81.9 Å². The van der Waals surface area contributed by atoms with Crippen LogP contribution < -0.4 is 9.64 Å². The van der Waals surface area contributed by atoms with Gasteiger partial charge in [0.2, 0.25) is 5.95 Å². The van der Waals surface area contributed by atoms with E-state index < -0.39 is 11.6 Å². The third-order valence-corrected chi connectivity index (χ3v) is 6.82. The molecular weight excluding hydrogens is 476 g/mol. The Hall–Kier alpha value is -3.95. The van der Waals surface area contributed by atoms with Crippen LogP contribution in [-0.4, -0.2) is 49.9 Å². The van der Waals surface area contributed by atoms with E-state index in [2.05, 4.69) is 37.3 Å². The van der Waals surface area contributed by atoms with Crippen LogP contribution in [0.25, 0.3) is 11.1 Å². The van der Waals surface area contributed by atoms with Gasteiger partial charge in [0.25, 0.3) is 0 Å². The van der Waals surface area contributed by atoms with Gasteiger partial charge in [0.05, 0.1) is 6.61 Å². The molecule has 0 N–H and O–H groups in total. The summed E-state index contributed by atoms with van der Waals surface area (Å²) in [5.74, 6) is -0.0616. The highest BCUT2D eigenvalue weighted by Gasteiger charge is 2.23. The second kappa shape index (κ2) is 11.0. The largest absolute Gasteiger partial charge is 0.487 e. The molecule has 5 rings (SSSR count). The maximum Gasteiger partial charge on any atom is 0.225 e. The van der Waals surface area contributed by atoms with Crippen LogP contribution in [0.3, 0.4) is 0 Å². The summed E-state index contributed by atoms with van der Waals surface area (Å²) in [6.45, 7) is 3.91. The van der Waals surface area contributed by atoms with Crippen LogP contribution in [0.5, 0.6) is 5.75 Å². The quantitative estimate of drug-likeness (QED) is 0.351. The average molecular weight is 506 g/mol. The SMILES string of the molecule is CCc1cnc(N2CCC(COc3c(F)cc(-c4ccc(Cc5nnnn5C)cc4)cc3F)CC2)nc1. The highest BCUT2D eigenvalue weighted by Crippen LogP contribution is 2.30. The molecule has 0 atom stereocenters. The lowest BCUT2D eigenvalue weighted by atomic mass is 9.98. The minimum absolute atomic E-state index is 0.210. The van der Waals surface area contributed by atoms with Gasteiger partial charge < -0.3 is 9.64 Å². The van der Waals surface area contributed by atoms with Crippen molar-refractivity contribution in [2.24, 2.45) is 13.0 Å². The second-order valence-corrected chi connectivity index (χ2v) is 9.35. The fraction of sp³-hybridized carbons (Fsp3) is 0.370. The molecule has 37 heavy (non-hydrogen) atoms. The summed E-state index contributed by atoms with van der Waals surface area (Å²) in [6, 6.07) is 10.1. The molecule has 3 heterocycles. The van der Waals surface area contributed by atoms with Crippen molar-refractivity contribution in [3.05, 3.63) is 77.4 Å². The summed E-state index contributed by atoms with van der Waals surface area (Å²) in [6.07, 6.45) is 6.88. The highest BCUT2D eigenvalue weighted by atomic mass is 19.1.